The van der Waals surface area contributed by atoms with Crippen LogP contribution in [0.4, 0.5) is 0 Å². The monoisotopic (exact) mass is 324 g/mol. The summed E-state index contributed by atoms with van der Waals surface area (Å²) in [7, 11) is 0. The molecule has 5 heteroatoms. The van der Waals surface area contributed by atoms with E-state index in [0.717, 1.165) is 38.8 Å². The second-order valence-electron chi connectivity index (χ2n) is 7.29. The van der Waals surface area contributed by atoms with Crippen LogP contribution in [0.1, 0.15) is 65.7 Å². The second-order valence-corrected chi connectivity index (χ2v) is 7.29. The lowest BCUT2D eigenvalue weighted by Crippen LogP contribution is -2.51. The Kier molecular flexibility index (Phi) is 6.88. The highest BCUT2D eigenvalue weighted by molar-refractivity contribution is 5.89. The fraction of sp³-hybridized carbons (Fsp3) is 0.889. The topological polar surface area (TPSA) is 58.6 Å². The van der Waals surface area contributed by atoms with Crippen molar-refractivity contribution < 1.29 is 14.3 Å². The van der Waals surface area contributed by atoms with Crippen molar-refractivity contribution in [3.05, 3.63) is 0 Å². The summed E-state index contributed by atoms with van der Waals surface area (Å²) in [5, 5.41) is 2.82. The lowest BCUT2D eigenvalue weighted by atomic mass is 9.88. The molecule has 5 nitrogen and oxygen atoms in total. The van der Waals surface area contributed by atoms with E-state index in [1.165, 1.54) is 19.3 Å². The van der Waals surface area contributed by atoms with Gasteiger partial charge in [-0.25, -0.2) is 0 Å². The lowest BCUT2D eigenvalue weighted by Gasteiger charge is -2.31. The third kappa shape index (κ3) is 5.48. The maximum Gasteiger partial charge on any atom is 0.249 e. The summed E-state index contributed by atoms with van der Waals surface area (Å²) in [4.78, 5) is 26.5. The van der Waals surface area contributed by atoms with Crippen LogP contribution in [0.2, 0.25) is 0 Å². The van der Waals surface area contributed by atoms with Crippen LogP contribution in [0.3, 0.4) is 0 Å². The molecule has 2 aliphatic rings. The minimum atomic E-state index is -0.498. The van der Waals surface area contributed by atoms with E-state index in [0.29, 0.717) is 5.92 Å². The van der Waals surface area contributed by atoms with E-state index in [1.54, 1.807) is 13.8 Å². The van der Waals surface area contributed by atoms with Gasteiger partial charge < -0.3 is 15.0 Å². The fourth-order valence-corrected chi connectivity index (χ4v) is 3.63. The Balaban J connectivity index is 1.76. The van der Waals surface area contributed by atoms with Crippen LogP contribution in [0.5, 0.6) is 0 Å². The van der Waals surface area contributed by atoms with E-state index in [4.69, 9.17) is 4.74 Å². The van der Waals surface area contributed by atoms with E-state index < -0.39 is 12.1 Å². The van der Waals surface area contributed by atoms with Gasteiger partial charge in [0.25, 0.3) is 0 Å². The molecule has 0 aromatic rings. The van der Waals surface area contributed by atoms with Crippen molar-refractivity contribution >= 4 is 11.8 Å². The normalized spacial score (nSPS) is 28.0. The Morgan fingerprint density at radius 2 is 1.78 bits per heavy atom. The number of hydrogen-bond acceptors (Lipinski definition) is 3. The largest absolute Gasteiger partial charge is 0.365 e. The number of carbonyl (C=O) groups is 2. The SMILES string of the molecule is C[C@H]1CCC[C@@H](O[C@@H](C)C(=O)N[C@@H](C)C(=O)N2CCCCC2)C1. The maximum absolute atomic E-state index is 12.4. The van der Waals surface area contributed by atoms with Crippen molar-refractivity contribution in [1.82, 2.24) is 10.2 Å². The van der Waals surface area contributed by atoms with Gasteiger partial charge in [0.15, 0.2) is 0 Å². The van der Waals surface area contributed by atoms with Crippen LogP contribution in [0.15, 0.2) is 0 Å². The number of ether oxygens (including phenoxy) is 1. The Labute approximate surface area is 140 Å². The first-order valence-corrected chi connectivity index (χ1v) is 9.22. The van der Waals surface area contributed by atoms with Gasteiger partial charge in [-0.3, -0.25) is 9.59 Å². The Hall–Kier alpha value is -1.10. The summed E-state index contributed by atoms with van der Waals surface area (Å²) in [6.45, 7) is 7.41. The van der Waals surface area contributed by atoms with Crippen molar-refractivity contribution in [3.8, 4) is 0 Å². The molecule has 0 unspecified atom stereocenters. The predicted octanol–water partition coefficient (Wildman–Crippen LogP) is 2.49. The van der Waals surface area contributed by atoms with Gasteiger partial charge in [-0.05, 0) is 51.9 Å². The van der Waals surface area contributed by atoms with Crippen LogP contribution in [-0.4, -0.2) is 48.1 Å². The molecule has 1 aliphatic carbocycles. The first-order valence-electron chi connectivity index (χ1n) is 9.22. The van der Waals surface area contributed by atoms with Crippen molar-refractivity contribution in [3.63, 3.8) is 0 Å². The molecule has 1 aliphatic heterocycles. The third-order valence-corrected chi connectivity index (χ3v) is 5.05. The van der Waals surface area contributed by atoms with Crippen LogP contribution in [0, 0.1) is 5.92 Å². The van der Waals surface area contributed by atoms with Gasteiger partial charge in [-0.15, -0.1) is 0 Å². The highest BCUT2D eigenvalue weighted by Gasteiger charge is 2.27. The predicted molar refractivity (Wildman–Crippen MR) is 90.0 cm³/mol. The van der Waals surface area contributed by atoms with E-state index in [1.807, 2.05) is 4.90 Å². The van der Waals surface area contributed by atoms with Crippen molar-refractivity contribution in [2.45, 2.75) is 84.0 Å². The van der Waals surface area contributed by atoms with Crippen LogP contribution in [0.25, 0.3) is 0 Å². The van der Waals surface area contributed by atoms with E-state index >= 15 is 0 Å². The maximum atomic E-state index is 12.4. The third-order valence-electron chi connectivity index (χ3n) is 5.05. The molecule has 2 rings (SSSR count). The number of amides is 2. The van der Waals surface area contributed by atoms with Crippen LogP contribution in [-0.2, 0) is 14.3 Å². The summed E-state index contributed by atoms with van der Waals surface area (Å²) in [5.74, 6) is 0.515. The van der Waals surface area contributed by atoms with Crippen molar-refractivity contribution in [2.24, 2.45) is 5.92 Å². The van der Waals surface area contributed by atoms with Gasteiger partial charge in [0.05, 0.1) is 6.10 Å². The molecule has 0 bridgehead atoms. The standard InChI is InChI=1S/C18H32N2O3/c1-13-8-7-9-16(12-13)23-15(3)17(21)19-14(2)18(22)20-10-5-4-6-11-20/h13-16H,4-12H2,1-3H3,(H,19,21)/t13-,14-,15-,16+/m0/s1. The summed E-state index contributed by atoms with van der Waals surface area (Å²) >= 11 is 0. The zero-order valence-corrected chi connectivity index (χ0v) is 14.8. The number of piperidine rings is 1. The number of likely N-dealkylation sites (tertiary alicyclic amines) is 1. The molecule has 0 aromatic heterocycles. The molecular weight excluding hydrogens is 292 g/mol. The molecule has 0 spiro atoms. The average Bonchev–Trinajstić information content (AvgIpc) is 2.54. The number of nitrogens with one attached hydrogen (secondary N) is 1. The van der Waals surface area contributed by atoms with Crippen LogP contribution < -0.4 is 5.32 Å². The van der Waals surface area contributed by atoms with Gasteiger partial charge in [-0.1, -0.05) is 19.8 Å². The van der Waals surface area contributed by atoms with Gasteiger partial charge in [-0.2, -0.15) is 0 Å². The fourth-order valence-electron chi connectivity index (χ4n) is 3.63. The first-order chi connectivity index (χ1) is 11.0. The van der Waals surface area contributed by atoms with Crippen LogP contribution >= 0.6 is 0 Å². The molecular formula is C18H32N2O3. The summed E-state index contributed by atoms with van der Waals surface area (Å²) in [5.41, 5.74) is 0. The van der Waals surface area contributed by atoms with E-state index in [2.05, 4.69) is 12.2 Å². The average molecular weight is 324 g/mol. The molecule has 132 valence electrons. The molecule has 2 fully saturated rings. The molecule has 23 heavy (non-hydrogen) atoms. The highest BCUT2D eigenvalue weighted by Crippen LogP contribution is 2.26. The lowest BCUT2D eigenvalue weighted by molar-refractivity contribution is -0.142. The zero-order valence-electron chi connectivity index (χ0n) is 14.8. The molecule has 1 heterocycles. The molecule has 1 saturated heterocycles. The Morgan fingerprint density at radius 3 is 2.43 bits per heavy atom. The Bertz CT molecular complexity index is 407. The zero-order chi connectivity index (χ0) is 16.8. The number of carbonyl (C=O) groups excluding carboxylic acids is 2. The Morgan fingerprint density at radius 1 is 1.09 bits per heavy atom. The minimum Gasteiger partial charge on any atom is -0.365 e. The second kappa shape index (κ2) is 8.67. The molecule has 0 aromatic carbocycles. The quantitative estimate of drug-likeness (QED) is 0.845. The summed E-state index contributed by atoms with van der Waals surface area (Å²) in [6.07, 6.45) is 7.47. The van der Waals surface area contributed by atoms with Crippen molar-refractivity contribution in [1.29, 1.82) is 0 Å². The number of hydrogen-bond donors (Lipinski definition) is 1. The summed E-state index contributed by atoms with van der Waals surface area (Å²) in [6, 6.07) is -0.475. The number of rotatable bonds is 5. The van der Waals surface area contributed by atoms with E-state index in [-0.39, 0.29) is 17.9 Å². The molecule has 2 amide bonds. The van der Waals surface area contributed by atoms with Crippen molar-refractivity contribution in [2.75, 3.05) is 13.1 Å². The molecule has 1 saturated carbocycles. The van der Waals surface area contributed by atoms with Gasteiger partial charge in [0, 0.05) is 13.1 Å². The number of nitrogens with zero attached hydrogens (tertiary/aromatic N) is 1. The minimum absolute atomic E-state index is 0.0246. The van der Waals surface area contributed by atoms with Gasteiger partial charge >= 0.3 is 0 Å². The molecule has 0 radical (unpaired) electrons. The first kappa shape index (κ1) is 18.2. The van der Waals surface area contributed by atoms with E-state index in [9.17, 15) is 9.59 Å². The van der Waals surface area contributed by atoms with Gasteiger partial charge in [0.1, 0.15) is 12.1 Å². The highest BCUT2D eigenvalue weighted by atomic mass is 16.5. The summed E-state index contributed by atoms with van der Waals surface area (Å²) < 4.78 is 5.91. The molecule has 4 atom stereocenters. The molecule has 1 N–H and O–H groups in total. The van der Waals surface area contributed by atoms with Gasteiger partial charge in [0.2, 0.25) is 11.8 Å². The smallest absolute Gasteiger partial charge is 0.249 e.